The van der Waals surface area contributed by atoms with Crippen LogP contribution in [0.1, 0.15) is 6.42 Å². The van der Waals surface area contributed by atoms with Crippen molar-refractivity contribution in [2.24, 2.45) is 0 Å². The molecule has 1 atom stereocenters. The van der Waals surface area contributed by atoms with Crippen molar-refractivity contribution in [2.75, 3.05) is 6.61 Å². The monoisotopic (exact) mass is 164 g/mol. The van der Waals surface area contributed by atoms with Crippen LogP contribution in [0.3, 0.4) is 0 Å². The molecule has 0 aromatic heterocycles. The maximum atomic E-state index is 9.85. The van der Waals surface area contributed by atoms with Crippen molar-refractivity contribution in [1.29, 1.82) is 0 Å². The molecule has 0 fully saturated rings. The molecule has 0 spiro atoms. The minimum Gasteiger partial charge on any atom is -0.481 e. The standard InChI is InChI=1S/C5H8O6/c6-3(7)1-2-11-5(10)4(8)9/h5,10H,1-2H2,(H,6,7)(H,8,9). The molecule has 0 saturated carbocycles. The van der Waals surface area contributed by atoms with E-state index >= 15 is 0 Å². The zero-order valence-electron chi connectivity index (χ0n) is 5.56. The van der Waals surface area contributed by atoms with Crippen molar-refractivity contribution in [3.8, 4) is 0 Å². The first-order chi connectivity index (χ1) is 5.04. The fourth-order valence-corrected chi connectivity index (χ4v) is 0.329. The summed E-state index contributed by atoms with van der Waals surface area (Å²) in [6.45, 7) is -0.317. The maximum Gasteiger partial charge on any atom is 0.360 e. The minimum absolute atomic E-state index is 0.317. The summed E-state index contributed by atoms with van der Waals surface area (Å²) < 4.78 is 4.19. The zero-order chi connectivity index (χ0) is 8.85. The van der Waals surface area contributed by atoms with Crippen molar-refractivity contribution >= 4 is 11.9 Å². The van der Waals surface area contributed by atoms with E-state index in [0.29, 0.717) is 0 Å². The molecule has 0 aliphatic carbocycles. The molecule has 0 aromatic carbocycles. The van der Waals surface area contributed by atoms with Gasteiger partial charge >= 0.3 is 11.9 Å². The number of ether oxygens (including phenoxy) is 1. The molecule has 0 rings (SSSR count). The van der Waals surface area contributed by atoms with Gasteiger partial charge in [-0.3, -0.25) is 4.79 Å². The molecular weight excluding hydrogens is 156 g/mol. The predicted molar refractivity (Wildman–Crippen MR) is 31.8 cm³/mol. The first-order valence-electron chi connectivity index (χ1n) is 2.78. The first-order valence-corrected chi connectivity index (χ1v) is 2.78. The number of carbonyl (C=O) groups is 2. The molecule has 64 valence electrons. The number of aliphatic hydroxyl groups is 1. The lowest BCUT2D eigenvalue weighted by Crippen LogP contribution is -2.24. The molecule has 0 heterocycles. The second kappa shape index (κ2) is 4.64. The Morgan fingerprint density at radius 1 is 1.36 bits per heavy atom. The normalized spacial score (nSPS) is 12.5. The highest BCUT2D eigenvalue weighted by Crippen LogP contribution is 1.89. The topological polar surface area (TPSA) is 104 Å². The van der Waals surface area contributed by atoms with Gasteiger partial charge in [0.15, 0.2) is 0 Å². The van der Waals surface area contributed by atoms with Crippen LogP contribution in [0.4, 0.5) is 0 Å². The average Bonchev–Trinajstić information content (AvgIpc) is 1.86. The lowest BCUT2D eigenvalue weighted by atomic mass is 10.5. The van der Waals surface area contributed by atoms with Crippen LogP contribution in [0.2, 0.25) is 0 Å². The fourth-order valence-electron chi connectivity index (χ4n) is 0.329. The highest BCUT2D eigenvalue weighted by atomic mass is 16.6. The third kappa shape index (κ3) is 5.31. The quantitative estimate of drug-likeness (QED) is 0.444. The van der Waals surface area contributed by atoms with E-state index in [4.69, 9.17) is 15.3 Å². The Balaban J connectivity index is 3.39. The number of hydrogen-bond donors (Lipinski definition) is 3. The number of hydrogen-bond acceptors (Lipinski definition) is 4. The van der Waals surface area contributed by atoms with Crippen LogP contribution in [-0.4, -0.2) is 40.2 Å². The fraction of sp³-hybridized carbons (Fsp3) is 0.600. The Kier molecular flexibility index (Phi) is 4.16. The second-order valence-electron chi connectivity index (χ2n) is 1.71. The smallest absolute Gasteiger partial charge is 0.360 e. The van der Waals surface area contributed by atoms with Gasteiger partial charge in [-0.25, -0.2) is 4.79 Å². The van der Waals surface area contributed by atoms with Crippen molar-refractivity contribution in [3.05, 3.63) is 0 Å². The maximum absolute atomic E-state index is 9.85. The van der Waals surface area contributed by atoms with Gasteiger partial charge in [-0.2, -0.15) is 0 Å². The van der Waals surface area contributed by atoms with Crippen LogP contribution in [0.25, 0.3) is 0 Å². The Hall–Kier alpha value is -1.14. The molecule has 3 N–H and O–H groups in total. The van der Waals surface area contributed by atoms with Crippen molar-refractivity contribution in [1.82, 2.24) is 0 Å². The Morgan fingerprint density at radius 3 is 2.27 bits per heavy atom. The largest absolute Gasteiger partial charge is 0.481 e. The van der Waals surface area contributed by atoms with Crippen LogP contribution in [0.15, 0.2) is 0 Å². The molecule has 0 amide bonds. The molecule has 0 radical (unpaired) electrons. The molecule has 0 aliphatic rings. The summed E-state index contributed by atoms with van der Waals surface area (Å²) >= 11 is 0. The minimum atomic E-state index is -1.94. The Labute approximate surface area is 62.0 Å². The second-order valence-corrected chi connectivity index (χ2v) is 1.71. The number of carboxylic acids is 2. The summed E-state index contributed by atoms with van der Waals surface area (Å²) in [4.78, 5) is 19.7. The molecule has 6 nitrogen and oxygen atoms in total. The Bertz CT molecular complexity index is 153. The molecular formula is C5H8O6. The SMILES string of the molecule is O=C(O)CCOC(O)C(=O)O. The van der Waals surface area contributed by atoms with Gasteiger partial charge < -0.3 is 20.1 Å². The van der Waals surface area contributed by atoms with Gasteiger partial charge in [-0.1, -0.05) is 0 Å². The van der Waals surface area contributed by atoms with Crippen molar-refractivity contribution < 1.29 is 29.6 Å². The van der Waals surface area contributed by atoms with Gasteiger partial charge in [-0.05, 0) is 0 Å². The van der Waals surface area contributed by atoms with E-state index in [-0.39, 0.29) is 13.0 Å². The van der Waals surface area contributed by atoms with Crippen LogP contribution in [0.5, 0.6) is 0 Å². The van der Waals surface area contributed by atoms with Crippen LogP contribution in [-0.2, 0) is 14.3 Å². The number of carboxylic acid groups (broad SMARTS) is 2. The van der Waals surface area contributed by atoms with E-state index in [9.17, 15) is 9.59 Å². The summed E-state index contributed by atoms with van der Waals surface area (Å²) in [6, 6.07) is 0. The average molecular weight is 164 g/mol. The predicted octanol–water partition coefficient (Wildman–Crippen LogP) is -1.12. The summed E-state index contributed by atoms with van der Waals surface area (Å²) in [5.41, 5.74) is 0. The van der Waals surface area contributed by atoms with E-state index < -0.39 is 18.2 Å². The van der Waals surface area contributed by atoms with Gasteiger partial charge in [0.2, 0.25) is 0 Å². The highest BCUT2D eigenvalue weighted by molar-refractivity contribution is 5.70. The van der Waals surface area contributed by atoms with Crippen LogP contribution in [0, 0.1) is 0 Å². The third-order valence-electron chi connectivity index (χ3n) is 0.803. The molecule has 6 heteroatoms. The van der Waals surface area contributed by atoms with E-state index in [2.05, 4.69) is 4.74 Å². The molecule has 0 aromatic rings. The first kappa shape index (κ1) is 9.86. The van der Waals surface area contributed by atoms with Crippen molar-refractivity contribution in [2.45, 2.75) is 12.7 Å². The molecule has 1 unspecified atom stereocenters. The van der Waals surface area contributed by atoms with Crippen LogP contribution < -0.4 is 0 Å². The summed E-state index contributed by atoms with van der Waals surface area (Å²) in [6.07, 6.45) is -2.26. The molecule has 0 saturated heterocycles. The van der Waals surface area contributed by atoms with E-state index in [1.165, 1.54) is 0 Å². The van der Waals surface area contributed by atoms with Crippen molar-refractivity contribution in [3.63, 3.8) is 0 Å². The van der Waals surface area contributed by atoms with E-state index in [0.717, 1.165) is 0 Å². The summed E-state index contributed by atoms with van der Waals surface area (Å²) in [5.74, 6) is -2.64. The molecule has 0 aliphatic heterocycles. The van der Waals surface area contributed by atoms with Gasteiger partial charge in [0, 0.05) is 0 Å². The number of aliphatic carboxylic acids is 2. The third-order valence-corrected chi connectivity index (χ3v) is 0.803. The highest BCUT2D eigenvalue weighted by Gasteiger charge is 2.13. The van der Waals surface area contributed by atoms with Gasteiger partial charge in [-0.15, -0.1) is 0 Å². The van der Waals surface area contributed by atoms with Gasteiger partial charge in [0.1, 0.15) is 0 Å². The van der Waals surface area contributed by atoms with Gasteiger partial charge in [0.25, 0.3) is 6.29 Å². The summed E-state index contributed by atoms with van der Waals surface area (Å²) in [5, 5.41) is 24.5. The van der Waals surface area contributed by atoms with E-state index in [1.807, 2.05) is 0 Å². The number of rotatable bonds is 5. The van der Waals surface area contributed by atoms with Gasteiger partial charge in [0.05, 0.1) is 13.0 Å². The lowest BCUT2D eigenvalue weighted by molar-refractivity contribution is -0.177. The summed E-state index contributed by atoms with van der Waals surface area (Å²) in [7, 11) is 0. The number of aliphatic hydroxyl groups excluding tert-OH is 1. The molecule has 11 heavy (non-hydrogen) atoms. The lowest BCUT2D eigenvalue weighted by Gasteiger charge is -2.04. The zero-order valence-corrected chi connectivity index (χ0v) is 5.56. The van der Waals surface area contributed by atoms with E-state index in [1.54, 1.807) is 0 Å². The molecule has 0 bridgehead atoms. The van der Waals surface area contributed by atoms with Crippen LogP contribution >= 0.6 is 0 Å². The Morgan fingerprint density at radius 2 is 1.91 bits per heavy atom.